The van der Waals surface area contributed by atoms with Crippen molar-refractivity contribution in [1.82, 2.24) is 20.1 Å². The van der Waals surface area contributed by atoms with E-state index in [0.717, 1.165) is 11.3 Å². The summed E-state index contributed by atoms with van der Waals surface area (Å²) in [5.41, 5.74) is 2.15. The number of amides is 2. The standard InChI is InChI=1S/C27H26ClN5O4S/c1-4-19-14-21(25(35)20-10-5-6-11-22(20)28)26(38-19)33-16(2)31-32-23(33)15-29-27(36)30-18-9-7-8-17(12-18)13-24(34)37-3/h5-12,14H,4,13,15H2,1-3H3,(H2,29,30,36). The average molecular weight is 552 g/mol. The molecule has 0 aliphatic carbocycles. The summed E-state index contributed by atoms with van der Waals surface area (Å²) < 4.78 is 6.48. The number of hydrogen-bond acceptors (Lipinski definition) is 7. The van der Waals surface area contributed by atoms with Gasteiger partial charge in [0, 0.05) is 16.1 Å². The molecular formula is C27H26ClN5O4S. The number of esters is 1. The van der Waals surface area contributed by atoms with E-state index in [1.807, 2.05) is 13.0 Å². The number of aryl methyl sites for hydroxylation is 2. The van der Waals surface area contributed by atoms with Gasteiger partial charge in [-0.25, -0.2) is 4.79 Å². The smallest absolute Gasteiger partial charge is 0.319 e. The second-order valence-corrected chi connectivity index (χ2v) is 9.88. The van der Waals surface area contributed by atoms with Crippen molar-refractivity contribution in [3.05, 3.63) is 92.8 Å². The van der Waals surface area contributed by atoms with Gasteiger partial charge in [-0.1, -0.05) is 42.8 Å². The van der Waals surface area contributed by atoms with Gasteiger partial charge in [-0.05, 0) is 49.2 Å². The Bertz CT molecular complexity index is 1500. The van der Waals surface area contributed by atoms with Gasteiger partial charge in [-0.2, -0.15) is 0 Å². The van der Waals surface area contributed by atoms with Crippen LogP contribution in [0.25, 0.3) is 5.00 Å². The van der Waals surface area contributed by atoms with Gasteiger partial charge in [0.15, 0.2) is 11.6 Å². The highest BCUT2D eigenvalue weighted by Crippen LogP contribution is 2.32. The fraction of sp³-hybridized carbons (Fsp3) is 0.222. The Labute approximate surface area is 228 Å². The highest BCUT2D eigenvalue weighted by molar-refractivity contribution is 7.15. The Kier molecular flexibility index (Phi) is 8.55. The van der Waals surface area contributed by atoms with Crippen LogP contribution in [0.4, 0.5) is 10.5 Å². The zero-order chi connectivity index (χ0) is 27.2. The lowest BCUT2D eigenvalue weighted by atomic mass is 10.0. The normalized spacial score (nSPS) is 10.7. The van der Waals surface area contributed by atoms with Crippen LogP contribution in [-0.2, 0) is 28.9 Å². The van der Waals surface area contributed by atoms with E-state index >= 15 is 0 Å². The third-order valence-electron chi connectivity index (χ3n) is 5.74. The van der Waals surface area contributed by atoms with E-state index in [1.165, 1.54) is 18.4 Å². The molecule has 0 spiro atoms. The number of nitrogens with zero attached hydrogens (tertiary/aromatic N) is 3. The SMILES string of the molecule is CCc1cc(C(=O)c2ccccc2Cl)c(-n2c(C)nnc2CNC(=O)Nc2cccc(CC(=O)OC)c2)s1. The Morgan fingerprint density at radius 1 is 1.05 bits per heavy atom. The number of carbonyl (C=O) groups is 3. The molecule has 0 aliphatic heterocycles. The van der Waals surface area contributed by atoms with Gasteiger partial charge < -0.3 is 15.4 Å². The van der Waals surface area contributed by atoms with Crippen molar-refractivity contribution in [2.24, 2.45) is 0 Å². The molecule has 4 rings (SSSR count). The third-order valence-corrected chi connectivity index (χ3v) is 7.33. The van der Waals surface area contributed by atoms with Crippen LogP contribution in [0.3, 0.4) is 0 Å². The molecule has 0 atom stereocenters. The van der Waals surface area contributed by atoms with Gasteiger partial charge in [-0.15, -0.1) is 21.5 Å². The summed E-state index contributed by atoms with van der Waals surface area (Å²) in [6.07, 6.45) is 0.853. The van der Waals surface area contributed by atoms with Crippen LogP contribution < -0.4 is 10.6 Å². The minimum Gasteiger partial charge on any atom is -0.469 e. The maximum Gasteiger partial charge on any atom is 0.319 e. The Morgan fingerprint density at radius 2 is 1.84 bits per heavy atom. The molecule has 2 aromatic carbocycles. The number of ketones is 1. The predicted molar refractivity (Wildman–Crippen MR) is 146 cm³/mol. The maximum absolute atomic E-state index is 13.5. The van der Waals surface area contributed by atoms with Crippen LogP contribution >= 0.6 is 22.9 Å². The molecule has 0 bridgehead atoms. The quantitative estimate of drug-likeness (QED) is 0.220. The molecule has 0 saturated carbocycles. The van der Waals surface area contributed by atoms with Gasteiger partial charge in [0.2, 0.25) is 0 Å². The van der Waals surface area contributed by atoms with Crippen LogP contribution in [0, 0.1) is 6.92 Å². The fourth-order valence-electron chi connectivity index (χ4n) is 3.84. The molecule has 2 aromatic heterocycles. The van der Waals surface area contributed by atoms with E-state index in [0.29, 0.717) is 44.1 Å². The van der Waals surface area contributed by atoms with Crippen LogP contribution in [0.1, 0.15) is 44.9 Å². The van der Waals surface area contributed by atoms with Crippen LogP contribution in [0.15, 0.2) is 54.6 Å². The van der Waals surface area contributed by atoms with Crippen molar-refractivity contribution in [2.45, 2.75) is 33.2 Å². The molecule has 2 N–H and O–H groups in total. The molecular weight excluding hydrogens is 526 g/mol. The lowest BCUT2D eigenvalue weighted by Crippen LogP contribution is -2.29. The molecule has 0 unspecified atom stereocenters. The van der Waals surface area contributed by atoms with Crippen molar-refractivity contribution in [2.75, 3.05) is 12.4 Å². The summed E-state index contributed by atoms with van der Waals surface area (Å²) in [4.78, 5) is 38.7. The molecule has 0 aliphatic rings. The molecule has 11 heteroatoms. The number of rotatable bonds is 9. The number of aromatic nitrogens is 3. The summed E-state index contributed by atoms with van der Waals surface area (Å²) >= 11 is 7.79. The second kappa shape index (κ2) is 12.0. The Morgan fingerprint density at radius 3 is 2.58 bits per heavy atom. The highest BCUT2D eigenvalue weighted by Gasteiger charge is 2.24. The van der Waals surface area contributed by atoms with E-state index < -0.39 is 6.03 Å². The van der Waals surface area contributed by atoms with E-state index in [1.54, 1.807) is 60.0 Å². The number of nitrogens with one attached hydrogen (secondary N) is 2. The minimum absolute atomic E-state index is 0.0631. The number of halogens is 1. The number of urea groups is 1. The number of benzene rings is 2. The van der Waals surface area contributed by atoms with Crippen LogP contribution in [0.2, 0.25) is 5.02 Å². The van der Waals surface area contributed by atoms with Gasteiger partial charge in [0.1, 0.15) is 10.8 Å². The molecule has 38 heavy (non-hydrogen) atoms. The second-order valence-electron chi connectivity index (χ2n) is 8.35. The van der Waals surface area contributed by atoms with Crippen molar-refractivity contribution in [1.29, 1.82) is 0 Å². The Hall–Kier alpha value is -4.02. The van der Waals surface area contributed by atoms with Crippen molar-refractivity contribution in [3.63, 3.8) is 0 Å². The van der Waals surface area contributed by atoms with E-state index in [2.05, 4.69) is 20.8 Å². The zero-order valence-electron chi connectivity index (χ0n) is 21.1. The summed E-state index contributed by atoms with van der Waals surface area (Å²) in [5, 5.41) is 15.0. The molecule has 0 saturated heterocycles. The zero-order valence-corrected chi connectivity index (χ0v) is 22.7. The number of anilines is 1. The first-order valence-corrected chi connectivity index (χ1v) is 13.0. The lowest BCUT2D eigenvalue weighted by Gasteiger charge is -2.11. The summed E-state index contributed by atoms with van der Waals surface area (Å²) in [6, 6.07) is 15.3. The summed E-state index contributed by atoms with van der Waals surface area (Å²) in [5.74, 6) is 0.483. The molecule has 9 nitrogen and oxygen atoms in total. The van der Waals surface area contributed by atoms with E-state index in [4.69, 9.17) is 16.3 Å². The molecule has 2 amide bonds. The first-order valence-electron chi connectivity index (χ1n) is 11.8. The summed E-state index contributed by atoms with van der Waals surface area (Å²) in [7, 11) is 1.33. The number of ether oxygens (including phenoxy) is 1. The summed E-state index contributed by atoms with van der Waals surface area (Å²) in [6.45, 7) is 3.87. The molecule has 0 fully saturated rings. The molecule has 196 valence electrons. The molecule has 4 aromatic rings. The lowest BCUT2D eigenvalue weighted by molar-refractivity contribution is -0.139. The number of thiophene rings is 1. The topological polar surface area (TPSA) is 115 Å². The largest absolute Gasteiger partial charge is 0.469 e. The molecule has 0 radical (unpaired) electrons. The van der Waals surface area contributed by atoms with Gasteiger partial charge >= 0.3 is 12.0 Å². The van der Waals surface area contributed by atoms with Gasteiger partial charge in [0.05, 0.1) is 30.7 Å². The first-order chi connectivity index (χ1) is 18.3. The fourth-order valence-corrected chi connectivity index (χ4v) is 5.22. The minimum atomic E-state index is -0.458. The highest BCUT2D eigenvalue weighted by atomic mass is 35.5. The third kappa shape index (κ3) is 6.09. The molecule has 2 heterocycles. The van der Waals surface area contributed by atoms with E-state index in [-0.39, 0.29) is 24.7 Å². The van der Waals surface area contributed by atoms with Crippen molar-refractivity contribution >= 4 is 46.4 Å². The maximum atomic E-state index is 13.5. The van der Waals surface area contributed by atoms with Crippen LogP contribution in [-0.4, -0.2) is 39.7 Å². The monoisotopic (exact) mass is 551 g/mol. The Balaban J connectivity index is 1.54. The number of methoxy groups -OCH3 is 1. The predicted octanol–water partition coefficient (Wildman–Crippen LogP) is 5.12. The van der Waals surface area contributed by atoms with Gasteiger partial charge in [0.25, 0.3) is 0 Å². The van der Waals surface area contributed by atoms with Crippen molar-refractivity contribution < 1.29 is 19.1 Å². The van der Waals surface area contributed by atoms with E-state index in [9.17, 15) is 14.4 Å². The average Bonchev–Trinajstić information content (AvgIpc) is 3.50. The number of hydrogen-bond donors (Lipinski definition) is 2. The van der Waals surface area contributed by atoms with Crippen molar-refractivity contribution in [3.8, 4) is 5.00 Å². The van der Waals surface area contributed by atoms with Gasteiger partial charge in [-0.3, -0.25) is 14.2 Å². The first kappa shape index (κ1) is 27.0. The van der Waals surface area contributed by atoms with Crippen LogP contribution in [0.5, 0.6) is 0 Å². The number of carbonyl (C=O) groups excluding carboxylic acids is 3.